The Balaban J connectivity index is 0.000000385. The second-order valence-corrected chi connectivity index (χ2v) is 35.1. The first-order chi connectivity index (χ1) is 56.2. The number of Topliss-reactive ketones (excluding diaryl/α,β-unsaturated/α-hetero) is 1. The molecule has 682 valence electrons. The van der Waals surface area contributed by atoms with Crippen molar-refractivity contribution in [2.24, 2.45) is 5.73 Å². The minimum Gasteiger partial charge on any atom is -0.481 e. The van der Waals surface area contributed by atoms with E-state index in [4.69, 9.17) is 72.8 Å². The lowest BCUT2D eigenvalue weighted by molar-refractivity contribution is -0.150. The number of nitrogens with two attached hydrogens (primary N) is 1. The monoisotopic (exact) mass is 1710 g/mol. The number of ether oxygens (including phenoxy) is 13. The van der Waals surface area contributed by atoms with Gasteiger partial charge in [0.2, 0.25) is 0 Å². The van der Waals surface area contributed by atoms with E-state index in [0.717, 1.165) is 46.5 Å². The summed E-state index contributed by atoms with van der Waals surface area (Å²) in [7, 11) is 1.14. The molecule has 121 heavy (non-hydrogen) atoms. The number of benzene rings is 3. The summed E-state index contributed by atoms with van der Waals surface area (Å²) < 4.78 is 66.8. The number of esters is 4. The normalized spacial score (nSPS) is 24.6. The molecule has 3 aromatic carbocycles. The third kappa shape index (κ3) is 40.3. The van der Waals surface area contributed by atoms with Crippen LogP contribution in [-0.4, -0.2) is 258 Å². The molecule has 8 heterocycles. The summed E-state index contributed by atoms with van der Waals surface area (Å²) in [6, 6.07) is 32.8. The summed E-state index contributed by atoms with van der Waals surface area (Å²) in [6.45, 7) is 36.2. The number of morpholine rings is 4. The average molecular weight is 1710 g/mol. The maximum absolute atomic E-state index is 12.6. The van der Waals surface area contributed by atoms with Gasteiger partial charge in [-0.3, -0.25) is 48.3 Å². The standard InChI is InChI=1S/C23H34N2O5.C18H26N2O3.C16H28N2O5.C14H17NO2.C10H18O5.C4H6O4.C2H4O2.H3N.H2/c1-5-29-20(26)13-23(24-21(27)30-22(2,3)4)11-18-15-28-16-19(12-23)25(18)14-17-9-7-6-8-10-17;1-2-23-17(21)10-18(19)8-15-12-22-13-16(9-18)20(15)11-14-6-4-3-5-7-14;1-5-22-13(19)8-16(18-14(20)23-15(2,3)4)6-11-9-21-10-12(7-16)17-11;16-14-6-12-9-17-10-13(7-14)15(12)8-11-4-2-1-3-5-11;1-9(2,3)14-7(11)13-8(12)15-10(4,5)6;1-8-4(7)2-3(5)6;1-2(3)4;;/h6-10,18-19H,5,11-16H2,1-4H3,(H,24,27);3-7,15-16H,2,8-13,19H2,1H3;11-12,17H,5-10H2,1-4H3,(H,18,20);1-5,12-13H,6-10H2;1-6H3;2H2,1H3,(H,5,6);1H3,(H,3,4);1H3;1H. The summed E-state index contributed by atoms with van der Waals surface area (Å²) in [6.07, 6.45) is 2.20. The maximum atomic E-state index is 12.6. The molecule has 8 saturated heterocycles. The molecule has 34 nitrogen and oxygen atoms in total. The van der Waals surface area contributed by atoms with E-state index in [-0.39, 0.29) is 86.7 Å². The highest BCUT2D eigenvalue weighted by atomic mass is 16.8. The number of nitrogens with one attached hydrogen (secondary N) is 3. The summed E-state index contributed by atoms with van der Waals surface area (Å²) in [5.41, 5.74) is 6.00. The van der Waals surface area contributed by atoms with Crippen LogP contribution in [0.25, 0.3) is 0 Å². The molecule has 8 bridgehead atoms. The van der Waals surface area contributed by atoms with Crippen LogP contribution in [0.3, 0.4) is 0 Å². The zero-order chi connectivity index (χ0) is 89.2. The zero-order valence-corrected chi connectivity index (χ0v) is 74.0. The van der Waals surface area contributed by atoms with Gasteiger partial charge in [-0.15, -0.1) is 0 Å². The Labute approximate surface area is 713 Å². The van der Waals surface area contributed by atoms with Gasteiger partial charge in [0.15, 0.2) is 0 Å². The number of carbonyl (C=O) groups is 11. The van der Waals surface area contributed by atoms with Crippen LogP contribution in [-0.2, 0) is 115 Å². The first-order valence-corrected chi connectivity index (χ1v) is 41.1. The van der Waals surface area contributed by atoms with Crippen molar-refractivity contribution in [1.29, 1.82) is 0 Å². The third-order valence-electron chi connectivity index (χ3n) is 19.5. The fraction of sp³-hybridized carbons (Fsp3) is 0.667. The van der Waals surface area contributed by atoms with Crippen molar-refractivity contribution in [3.05, 3.63) is 108 Å². The van der Waals surface area contributed by atoms with Gasteiger partial charge in [0.05, 0.1) is 110 Å². The molecule has 0 aliphatic carbocycles. The second kappa shape index (κ2) is 49.4. The van der Waals surface area contributed by atoms with Gasteiger partial charge in [0.25, 0.3) is 5.97 Å². The number of carboxylic acids is 2. The SMILES string of the molecule is CC(=O)O.CC(C)(C)OC(=O)OC(=O)OC(C)(C)C.CCOC(=O)CC1(N)CC2COCC(C1)N2Cc1ccccc1.CCOC(=O)CC1(NC(=O)OC(C)(C)C)CC2COCC(C1)N2.CCOC(=O)CC1(NC(=O)OC(C)(C)C)CC2COCC(C1)N2Cc1ccccc1.COC(=O)CC(=O)O.N.O=C1CC2COCC(C1)N2Cc1ccccc1.[HH]. The molecule has 0 aromatic heterocycles. The number of hydrogen-bond donors (Lipinski definition) is 7. The van der Waals surface area contributed by atoms with Crippen LogP contribution < -0.4 is 27.8 Å². The molecule has 10 N–H and O–H groups in total. The Morgan fingerprint density at radius 2 is 0.760 bits per heavy atom. The summed E-state index contributed by atoms with van der Waals surface area (Å²) in [5.74, 6) is -3.12. The van der Waals surface area contributed by atoms with E-state index in [9.17, 15) is 47.9 Å². The predicted molar refractivity (Wildman–Crippen MR) is 448 cm³/mol. The number of carboxylic acid groups (broad SMARTS) is 2. The first-order valence-electron chi connectivity index (χ1n) is 41.1. The van der Waals surface area contributed by atoms with Crippen molar-refractivity contribution in [3.63, 3.8) is 0 Å². The highest BCUT2D eigenvalue weighted by Gasteiger charge is 2.51. The number of fused-ring (bicyclic) bond motifs is 8. The minimum atomic E-state index is -1.17. The lowest BCUT2D eigenvalue weighted by atomic mass is 9.76. The Morgan fingerprint density at radius 3 is 1.07 bits per heavy atom. The fourth-order valence-corrected chi connectivity index (χ4v) is 15.4. The Bertz CT molecular complexity index is 3660. The summed E-state index contributed by atoms with van der Waals surface area (Å²) >= 11 is 0. The van der Waals surface area contributed by atoms with E-state index >= 15 is 0 Å². The van der Waals surface area contributed by atoms with Crippen molar-refractivity contribution in [2.75, 3.05) is 79.8 Å². The molecule has 0 saturated carbocycles. The zero-order valence-electron chi connectivity index (χ0n) is 74.0. The third-order valence-corrected chi connectivity index (χ3v) is 19.5. The van der Waals surface area contributed by atoms with Crippen LogP contribution >= 0.6 is 0 Å². The van der Waals surface area contributed by atoms with Gasteiger partial charge in [-0.1, -0.05) is 91.0 Å². The molecular formula is C87H138N8O26. The van der Waals surface area contributed by atoms with Gasteiger partial charge in [-0.05, 0) is 159 Å². The Morgan fingerprint density at radius 1 is 0.463 bits per heavy atom. The highest BCUT2D eigenvalue weighted by Crippen LogP contribution is 2.40. The van der Waals surface area contributed by atoms with Crippen LogP contribution in [0.15, 0.2) is 91.0 Å². The molecule has 34 heteroatoms. The molecule has 3 aromatic rings. The fourth-order valence-electron chi connectivity index (χ4n) is 15.4. The van der Waals surface area contributed by atoms with E-state index in [1.807, 2.05) is 78.8 Å². The number of piperidine rings is 4. The maximum Gasteiger partial charge on any atom is 0.519 e. The Kier molecular flexibility index (Phi) is 42.6. The molecule has 8 atom stereocenters. The largest absolute Gasteiger partial charge is 0.519 e. The highest BCUT2D eigenvalue weighted by molar-refractivity contribution is 5.90. The number of carbonyl (C=O) groups excluding carboxylic acids is 9. The molecule has 2 amide bonds. The number of amides is 2. The van der Waals surface area contributed by atoms with Gasteiger partial charge in [0, 0.05) is 94.7 Å². The number of hydrogen-bond acceptors (Lipinski definition) is 30. The second-order valence-electron chi connectivity index (χ2n) is 35.1. The van der Waals surface area contributed by atoms with Gasteiger partial charge >= 0.3 is 54.3 Å². The molecule has 0 spiro atoms. The smallest absolute Gasteiger partial charge is 0.481 e. The molecule has 8 aliphatic heterocycles. The van der Waals surface area contributed by atoms with Crippen molar-refractivity contribution in [1.82, 2.24) is 36.8 Å². The molecule has 8 unspecified atom stereocenters. The van der Waals surface area contributed by atoms with Crippen molar-refractivity contribution >= 4 is 66.1 Å². The number of methoxy groups -OCH3 is 1. The van der Waals surface area contributed by atoms with Crippen molar-refractivity contribution in [3.8, 4) is 0 Å². The van der Waals surface area contributed by atoms with Crippen LogP contribution in [0.2, 0.25) is 0 Å². The van der Waals surface area contributed by atoms with E-state index in [1.54, 1.807) is 55.4 Å². The van der Waals surface area contributed by atoms with Crippen LogP contribution in [0, 0.1) is 0 Å². The van der Waals surface area contributed by atoms with Crippen LogP contribution in [0.5, 0.6) is 0 Å². The van der Waals surface area contributed by atoms with E-state index in [0.29, 0.717) is 123 Å². The average Bonchev–Trinajstić information content (AvgIpc) is 0.787. The summed E-state index contributed by atoms with van der Waals surface area (Å²) in [5, 5.41) is 24.8. The molecular weight excluding hydrogens is 1570 g/mol. The topological polar surface area (TPSA) is 455 Å². The van der Waals surface area contributed by atoms with Crippen molar-refractivity contribution in [2.45, 2.75) is 295 Å². The molecule has 11 rings (SSSR count). The molecule has 0 radical (unpaired) electrons. The van der Waals surface area contributed by atoms with Crippen LogP contribution in [0.1, 0.15) is 206 Å². The predicted octanol–water partition coefficient (Wildman–Crippen LogP) is 10.9. The minimum absolute atomic E-state index is 0. The Hall–Kier alpha value is -8.97. The lowest BCUT2D eigenvalue weighted by Gasteiger charge is -2.53. The van der Waals surface area contributed by atoms with Gasteiger partial charge in [-0.2, -0.15) is 0 Å². The number of aliphatic carboxylic acids is 2. The van der Waals surface area contributed by atoms with Crippen molar-refractivity contribution < 1.29 is 126 Å². The van der Waals surface area contributed by atoms with E-state index < -0.39 is 87.8 Å². The summed E-state index contributed by atoms with van der Waals surface area (Å²) in [4.78, 5) is 131. The van der Waals surface area contributed by atoms with Crippen LogP contribution in [0.4, 0.5) is 19.2 Å². The number of rotatable bonds is 19. The van der Waals surface area contributed by atoms with Gasteiger partial charge in [0.1, 0.15) is 34.6 Å². The lowest BCUT2D eigenvalue weighted by Crippen LogP contribution is -2.66. The number of nitrogens with zero attached hydrogens (tertiary/aromatic N) is 3. The molecule has 8 aliphatic rings. The molecule has 8 fully saturated rings. The van der Waals surface area contributed by atoms with Gasteiger partial charge < -0.3 is 99.6 Å². The number of alkyl carbamates (subject to hydrolysis) is 2. The van der Waals surface area contributed by atoms with E-state index in [1.165, 1.54) is 16.7 Å². The quantitative estimate of drug-likeness (QED) is 0.0333. The van der Waals surface area contributed by atoms with E-state index in [2.05, 4.69) is 101 Å². The van der Waals surface area contributed by atoms with Gasteiger partial charge in [-0.25, -0.2) is 19.2 Å². The first kappa shape index (κ1) is 104. The number of ketones is 1.